The maximum Gasteiger partial charge on any atom is 0.338 e. The van der Waals surface area contributed by atoms with Gasteiger partial charge in [0.2, 0.25) is 0 Å². The molecule has 1 aromatic heterocycles. The van der Waals surface area contributed by atoms with Crippen LogP contribution in [0.3, 0.4) is 0 Å². The van der Waals surface area contributed by atoms with E-state index < -0.39 is 0 Å². The Labute approximate surface area is 188 Å². The Bertz CT molecular complexity index is 1140. The Balaban J connectivity index is 1.61. The monoisotopic (exact) mass is 431 g/mol. The van der Waals surface area contributed by atoms with Crippen molar-refractivity contribution in [1.29, 1.82) is 0 Å². The number of benzene rings is 2. The highest BCUT2D eigenvalue weighted by Gasteiger charge is 2.25. The molecule has 1 N–H and O–H groups in total. The van der Waals surface area contributed by atoms with E-state index in [4.69, 9.17) is 9.72 Å². The van der Waals surface area contributed by atoms with Crippen molar-refractivity contribution in [1.82, 2.24) is 9.88 Å². The molecule has 1 aliphatic heterocycles. The lowest BCUT2D eigenvalue weighted by Gasteiger charge is -2.29. The quantitative estimate of drug-likeness (QED) is 0.574. The zero-order chi connectivity index (χ0) is 22.7. The fourth-order valence-corrected chi connectivity index (χ4v) is 3.98. The zero-order valence-electron chi connectivity index (χ0n) is 18.9. The Morgan fingerprint density at radius 1 is 1.12 bits per heavy atom. The summed E-state index contributed by atoms with van der Waals surface area (Å²) in [7, 11) is 0. The zero-order valence-corrected chi connectivity index (χ0v) is 18.9. The standard InChI is InChI=1S/C26H29N3O3/c1-4-29-14-13-23-21(15-29)24(20-7-5-6-8-22(20)28-23)25(30)27-19-11-9-18(10-12-19)26(31)32-16-17(2)3/h5-12,17H,4,13-16H2,1-3H3,(H,27,30). The molecule has 0 aliphatic carbocycles. The maximum absolute atomic E-state index is 13.4. The van der Waals surface area contributed by atoms with Crippen molar-refractivity contribution in [3.05, 3.63) is 70.9 Å². The number of pyridine rings is 1. The van der Waals surface area contributed by atoms with E-state index in [1.54, 1.807) is 24.3 Å². The summed E-state index contributed by atoms with van der Waals surface area (Å²) in [5.41, 5.74) is 4.63. The Kier molecular flexibility index (Phi) is 6.51. The second kappa shape index (κ2) is 9.49. The predicted molar refractivity (Wildman–Crippen MR) is 126 cm³/mol. The molecule has 0 unspecified atom stereocenters. The van der Waals surface area contributed by atoms with E-state index in [1.807, 2.05) is 38.1 Å². The first-order chi connectivity index (χ1) is 15.5. The van der Waals surface area contributed by atoms with E-state index in [-0.39, 0.29) is 17.8 Å². The average Bonchev–Trinajstić information content (AvgIpc) is 2.80. The maximum atomic E-state index is 13.4. The first-order valence-electron chi connectivity index (χ1n) is 11.2. The Morgan fingerprint density at radius 2 is 1.88 bits per heavy atom. The molecule has 2 aromatic carbocycles. The third-order valence-electron chi connectivity index (χ3n) is 5.73. The molecule has 0 saturated carbocycles. The second-order valence-electron chi connectivity index (χ2n) is 8.57. The SMILES string of the molecule is CCN1CCc2nc3ccccc3c(C(=O)Nc3ccc(C(=O)OCC(C)C)cc3)c2C1. The number of carbonyl (C=O) groups is 2. The smallest absolute Gasteiger partial charge is 0.338 e. The third kappa shape index (κ3) is 4.65. The number of aromatic nitrogens is 1. The Morgan fingerprint density at radius 3 is 2.59 bits per heavy atom. The fourth-order valence-electron chi connectivity index (χ4n) is 3.98. The molecule has 166 valence electrons. The van der Waals surface area contributed by atoms with Crippen LogP contribution in [-0.2, 0) is 17.7 Å². The summed E-state index contributed by atoms with van der Waals surface area (Å²) in [5.74, 6) is -0.236. The molecule has 2 heterocycles. The molecule has 0 saturated heterocycles. The number of rotatable bonds is 6. The molecule has 0 radical (unpaired) electrons. The van der Waals surface area contributed by atoms with Crippen molar-refractivity contribution in [2.75, 3.05) is 25.0 Å². The molecule has 32 heavy (non-hydrogen) atoms. The van der Waals surface area contributed by atoms with Crippen LogP contribution in [0.25, 0.3) is 10.9 Å². The van der Waals surface area contributed by atoms with Gasteiger partial charge in [0.05, 0.1) is 23.3 Å². The fraction of sp³-hybridized carbons (Fsp3) is 0.346. The predicted octanol–water partition coefficient (Wildman–Crippen LogP) is 4.68. The second-order valence-corrected chi connectivity index (χ2v) is 8.57. The van der Waals surface area contributed by atoms with Gasteiger partial charge < -0.3 is 10.1 Å². The minimum atomic E-state index is -0.356. The van der Waals surface area contributed by atoms with Gasteiger partial charge in [-0.05, 0) is 42.8 Å². The normalized spacial score (nSPS) is 13.8. The molecular formula is C26H29N3O3. The van der Waals surface area contributed by atoms with Gasteiger partial charge in [-0.2, -0.15) is 0 Å². The van der Waals surface area contributed by atoms with Crippen molar-refractivity contribution in [3.8, 4) is 0 Å². The summed E-state index contributed by atoms with van der Waals surface area (Å²) >= 11 is 0. The summed E-state index contributed by atoms with van der Waals surface area (Å²) in [6.45, 7) is 9.10. The van der Waals surface area contributed by atoms with Crippen molar-refractivity contribution in [3.63, 3.8) is 0 Å². The number of fused-ring (bicyclic) bond motifs is 2. The van der Waals surface area contributed by atoms with Gasteiger partial charge in [0.15, 0.2) is 0 Å². The van der Waals surface area contributed by atoms with Gasteiger partial charge in [-0.1, -0.05) is 39.0 Å². The van der Waals surface area contributed by atoms with E-state index in [2.05, 4.69) is 17.1 Å². The van der Waals surface area contributed by atoms with E-state index in [9.17, 15) is 9.59 Å². The lowest BCUT2D eigenvalue weighted by Crippen LogP contribution is -2.33. The third-order valence-corrected chi connectivity index (χ3v) is 5.73. The minimum Gasteiger partial charge on any atom is -0.462 e. The van der Waals surface area contributed by atoms with Crippen LogP contribution in [0.2, 0.25) is 0 Å². The topological polar surface area (TPSA) is 71.5 Å². The number of esters is 1. The van der Waals surface area contributed by atoms with Crippen LogP contribution in [0.15, 0.2) is 48.5 Å². The summed E-state index contributed by atoms with van der Waals surface area (Å²) < 4.78 is 5.27. The molecule has 0 atom stereocenters. The van der Waals surface area contributed by atoms with Crippen LogP contribution in [0.5, 0.6) is 0 Å². The molecular weight excluding hydrogens is 402 g/mol. The van der Waals surface area contributed by atoms with Crippen molar-refractivity contribution >= 4 is 28.5 Å². The van der Waals surface area contributed by atoms with Crippen LogP contribution in [0.1, 0.15) is 52.7 Å². The van der Waals surface area contributed by atoms with Crippen molar-refractivity contribution in [2.24, 2.45) is 5.92 Å². The van der Waals surface area contributed by atoms with Crippen LogP contribution in [0, 0.1) is 5.92 Å². The lowest BCUT2D eigenvalue weighted by atomic mass is 9.95. The molecule has 3 aromatic rings. The number of amides is 1. The average molecular weight is 432 g/mol. The van der Waals surface area contributed by atoms with Gasteiger partial charge >= 0.3 is 5.97 Å². The number of likely N-dealkylation sites (N-methyl/N-ethyl adjacent to an activating group) is 1. The van der Waals surface area contributed by atoms with Crippen molar-refractivity contribution < 1.29 is 14.3 Å². The molecule has 1 amide bonds. The lowest BCUT2D eigenvalue weighted by molar-refractivity contribution is 0.0459. The largest absolute Gasteiger partial charge is 0.462 e. The van der Waals surface area contributed by atoms with Crippen molar-refractivity contribution in [2.45, 2.75) is 33.7 Å². The van der Waals surface area contributed by atoms with Crippen LogP contribution in [-0.4, -0.2) is 41.5 Å². The van der Waals surface area contributed by atoms with Gasteiger partial charge in [0, 0.05) is 41.8 Å². The first kappa shape index (κ1) is 22.0. The summed E-state index contributed by atoms with van der Waals surface area (Å²) in [5, 5.41) is 3.87. The number of hydrogen-bond acceptors (Lipinski definition) is 5. The van der Waals surface area contributed by atoms with Crippen LogP contribution >= 0.6 is 0 Å². The first-order valence-corrected chi connectivity index (χ1v) is 11.2. The number of hydrogen-bond donors (Lipinski definition) is 1. The van der Waals surface area contributed by atoms with E-state index >= 15 is 0 Å². The van der Waals surface area contributed by atoms with Crippen LogP contribution in [0.4, 0.5) is 5.69 Å². The summed E-state index contributed by atoms with van der Waals surface area (Å²) in [6, 6.07) is 14.6. The van der Waals surface area contributed by atoms with Gasteiger partial charge in [0.1, 0.15) is 0 Å². The molecule has 4 rings (SSSR count). The van der Waals surface area contributed by atoms with Gasteiger partial charge in [-0.15, -0.1) is 0 Å². The van der Waals surface area contributed by atoms with E-state index in [1.165, 1.54) is 0 Å². The summed E-state index contributed by atoms with van der Waals surface area (Å²) in [4.78, 5) is 32.8. The minimum absolute atomic E-state index is 0.159. The molecule has 0 spiro atoms. The highest BCUT2D eigenvalue weighted by atomic mass is 16.5. The molecule has 6 nitrogen and oxygen atoms in total. The molecule has 0 fully saturated rings. The molecule has 1 aliphatic rings. The molecule has 6 heteroatoms. The Hall–Kier alpha value is -3.25. The van der Waals surface area contributed by atoms with Gasteiger partial charge in [0.25, 0.3) is 5.91 Å². The summed E-state index contributed by atoms with van der Waals surface area (Å²) in [6.07, 6.45) is 0.835. The highest BCUT2D eigenvalue weighted by molar-refractivity contribution is 6.13. The number of para-hydroxylation sites is 1. The van der Waals surface area contributed by atoms with E-state index in [0.29, 0.717) is 30.0 Å². The molecule has 0 bridgehead atoms. The highest BCUT2D eigenvalue weighted by Crippen LogP contribution is 2.29. The number of anilines is 1. The number of nitrogens with zero attached hydrogens (tertiary/aromatic N) is 2. The van der Waals surface area contributed by atoms with Gasteiger partial charge in [-0.3, -0.25) is 14.7 Å². The number of ether oxygens (including phenoxy) is 1. The van der Waals surface area contributed by atoms with E-state index in [0.717, 1.165) is 41.7 Å². The van der Waals surface area contributed by atoms with Crippen LogP contribution < -0.4 is 5.32 Å². The number of carbonyl (C=O) groups excluding carboxylic acids is 2. The number of nitrogens with one attached hydrogen (secondary N) is 1. The van der Waals surface area contributed by atoms with Gasteiger partial charge in [-0.25, -0.2) is 4.79 Å².